The van der Waals surface area contributed by atoms with E-state index in [0.717, 1.165) is 6.07 Å². The molecule has 0 aliphatic rings. The molecule has 3 rings (SSSR count). The first-order valence-electron chi connectivity index (χ1n) is 6.15. The first-order valence-corrected chi connectivity index (χ1v) is 6.94. The second-order valence-electron chi connectivity index (χ2n) is 4.53. The monoisotopic (exact) mass is 390 g/mol. The highest BCUT2D eigenvalue weighted by Gasteiger charge is 2.34. The van der Waals surface area contributed by atoms with Gasteiger partial charge in [-0.05, 0) is 34.1 Å². The van der Waals surface area contributed by atoms with Gasteiger partial charge in [0.15, 0.2) is 5.65 Å². The Morgan fingerprint density at radius 3 is 2.65 bits per heavy atom. The maximum Gasteiger partial charge on any atom is 0.419 e. The van der Waals surface area contributed by atoms with Crippen molar-refractivity contribution in [2.24, 2.45) is 7.05 Å². The summed E-state index contributed by atoms with van der Waals surface area (Å²) in [7, 11) is 1.64. The number of hydrogen-bond donors (Lipinski definition) is 0. The Bertz CT molecular complexity index is 894. The Morgan fingerprint density at radius 1 is 1.22 bits per heavy atom. The van der Waals surface area contributed by atoms with Crippen LogP contribution in [0.3, 0.4) is 0 Å². The SMILES string of the molecule is Cn1nc(Br)c2c(Oc3ccc(F)c(C(F)(F)F)c3)ncnc21. The summed E-state index contributed by atoms with van der Waals surface area (Å²) in [6, 6.07) is 2.35. The molecule has 0 spiro atoms. The van der Waals surface area contributed by atoms with Gasteiger partial charge in [0, 0.05) is 7.05 Å². The van der Waals surface area contributed by atoms with E-state index in [1.807, 2.05) is 0 Å². The van der Waals surface area contributed by atoms with Crippen LogP contribution in [-0.2, 0) is 13.2 Å². The van der Waals surface area contributed by atoms with Gasteiger partial charge in [0.2, 0.25) is 5.88 Å². The first-order chi connectivity index (χ1) is 10.8. The molecule has 23 heavy (non-hydrogen) atoms. The first kappa shape index (κ1) is 15.7. The van der Waals surface area contributed by atoms with Crippen LogP contribution >= 0.6 is 15.9 Å². The smallest absolute Gasteiger partial charge is 0.419 e. The predicted octanol–water partition coefficient (Wildman–Crippen LogP) is 4.08. The molecule has 0 radical (unpaired) electrons. The molecule has 3 aromatic rings. The molecule has 0 saturated heterocycles. The van der Waals surface area contributed by atoms with Gasteiger partial charge >= 0.3 is 6.18 Å². The van der Waals surface area contributed by atoms with Crippen molar-refractivity contribution in [2.75, 3.05) is 0 Å². The number of aryl methyl sites for hydroxylation is 1. The Balaban J connectivity index is 2.07. The lowest BCUT2D eigenvalue weighted by Crippen LogP contribution is -2.08. The van der Waals surface area contributed by atoms with Crippen LogP contribution < -0.4 is 4.74 Å². The topological polar surface area (TPSA) is 52.8 Å². The zero-order valence-corrected chi connectivity index (χ0v) is 13.0. The fourth-order valence-electron chi connectivity index (χ4n) is 1.99. The van der Waals surface area contributed by atoms with Crippen molar-refractivity contribution in [1.82, 2.24) is 19.7 Å². The van der Waals surface area contributed by atoms with Crippen molar-refractivity contribution in [3.63, 3.8) is 0 Å². The molecule has 120 valence electrons. The van der Waals surface area contributed by atoms with Crippen molar-refractivity contribution >= 4 is 27.0 Å². The number of aromatic nitrogens is 4. The summed E-state index contributed by atoms with van der Waals surface area (Å²) in [6.07, 6.45) is -3.63. The van der Waals surface area contributed by atoms with Crippen molar-refractivity contribution < 1.29 is 22.3 Å². The quantitative estimate of drug-likeness (QED) is 0.618. The average molecular weight is 391 g/mol. The number of halogens is 5. The molecule has 2 heterocycles. The molecule has 0 atom stereocenters. The third-order valence-corrected chi connectivity index (χ3v) is 3.56. The minimum Gasteiger partial charge on any atom is -0.438 e. The Kier molecular flexibility index (Phi) is 3.71. The fourth-order valence-corrected chi connectivity index (χ4v) is 2.57. The van der Waals surface area contributed by atoms with Crippen LogP contribution in [0.4, 0.5) is 17.6 Å². The van der Waals surface area contributed by atoms with E-state index in [0.29, 0.717) is 27.8 Å². The maximum absolute atomic E-state index is 13.3. The van der Waals surface area contributed by atoms with Gasteiger partial charge in [-0.3, -0.25) is 0 Å². The van der Waals surface area contributed by atoms with Crippen LogP contribution in [0.1, 0.15) is 5.56 Å². The minimum absolute atomic E-state index is 0.00899. The normalized spacial score (nSPS) is 11.9. The summed E-state index contributed by atoms with van der Waals surface area (Å²) in [5.41, 5.74) is -0.981. The number of fused-ring (bicyclic) bond motifs is 1. The number of hydrogen-bond acceptors (Lipinski definition) is 4. The van der Waals surface area contributed by atoms with Crippen molar-refractivity contribution in [3.8, 4) is 11.6 Å². The number of nitrogens with zero attached hydrogens (tertiary/aromatic N) is 4. The van der Waals surface area contributed by atoms with Crippen LogP contribution in [0.2, 0.25) is 0 Å². The van der Waals surface area contributed by atoms with Crippen LogP contribution in [-0.4, -0.2) is 19.7 Å². The summed E-state index contributed by atoms with van der Waals surface area (Å²) < 4.78 is 58.8. The lowest BCUT2D eigenvalue weighted by Gasteiger charge is -2.11. The van der Waals surface area contributed by atoms with E-state index in [9.17, 15) is 17.6 Å². The molecule has 0 saturated carbocycles. The second-order valence-corrected chi connectivity index (χ2v) is 5.28. The standard InChI is InChI=1S/C13H7BrF4N4O/c1-22-11-9(10(14)21-22)12(20-5-19-11)23-6-2-3-8(15)7(4-6)13(16,17)18/h2-5H,1H3. The highest BCUT2D eigenvalue weighted by molar-refractivity contribution is 9.10. The largest absolute Gasteiger partial charge is 0.438 e. The highest BCUT2D eigenvalue weighted by Crippen LogP contribution is 2.36. The number of ether oxygens (including phenoxy) is 1. The van der Waals surface area contributed by atoms with E-state index >= 15 is 0 Å². The van der Waals surface area contributed by atoms with E-state index < -0.39 is 17.6 Å². The van der Waals surface area contributed by atoms with Gasteiger partial charge in [-0.25, -0.2) is 19.0 Å². The number of alkyl halides is 3. The van der Waals surface area contributed by atoms with Gasteiger partial charge in [0.05, 0.1) is 5.56 Å². The van der Waals surface area contributed by atoms with E-state index in [1.165, 1.54) is 11.0 Å². The van der Waals surface area contributed by atoms with E-state index in [-0.39, 0.29) is 11.6 Å². The molecule has 0 unspecified atom stereocenters. The van der Waals surface area contributed by atoms with Gasteiger partial charge in [-0.1, -0.05) is 0 Å². The van der Waals surface area contributed by atoms with Crippen molar-refractivity contribution in [1.29, 1.82) is 0 Å². The third kappa shape index (κ3) is 2.85. The summed E-state index contributed by atoms with van der Waals surface area (Å²) in [6.45, 7) is 0. The van der Waals surface area contributed by atoms with Gasteiger partial charge in [-0.15, -0.1) is 0 Å². The van der Waals surface area contributed by atoms with E-state index in [1.54, 1.807) is 7.05 Å². The Labute approximate surface area is 135 Å². The lowest BCUT2D eigenvalue weighted by molar-refractivity contribution is -0.140. The fraction of sp³-hybridized carbons (Fsp3) is 0.154. The second kappa shape index (κ2) is 5.44. The third-order valence-electron chi connectivity index (χ3n) is 3.00. The molecule has 0 bridgehead atoms. The molecular formula is C13H7BrF4N4O. The van der Waals surface area contributed by atoms with Crippen molar-refractivity contribution in [2.45, 2.75) is 6.18 Å². The summed E-state index contributed by atoms with van der Waals surface area (Å²) in [5.74, 6) is -1.57. The van der Waals surface area contributed by atoms with Gasteiger partial charge in [0.1, 0.15) is 27.9 Å². The maximum atomic E-state index is 13.3. The molecule has 2 aromatic heterocycles. The summed E-state index contributed by atoms with van der Waals surface area (Å²) in [4.78, 5) is 7.91. The molecule has 0 aliphatic carbocycles. The van der Waals surface area contributed by atoms with Crippen LogP contribution in [0.5, 0.6) is 11.6 Å². The molecule has 0 N–H and O–H groups in total. The molecule has 1 aromatic carbocycles. The molecule has 0 amide bonds. The zero-order valence-electron chi connectivity index (χ0n) is 11.4. The van der Waals surface area contributed by atoms with Crippen LogP contribution in [0.15, 0.2) is 29.1 Å². The molecule has 0 fully saturated rings. The number of rotatable bonds is 2. The van der Waals surface area contributed by atoms with Crippen molar-refractivity contribution in [3.05, 3.63) is 40.5 Å². The molecule has 10 heteroatoms. The predicted molar refractivity (Wildman–Crippen MR) is 75.5 cm³/mol. The molecule has 0 aliphatic heterocycles. The minimum atomic E-state index is -4.82. The zero-order chi connectivity index (χ0) is 16.8. The van der Waals surface area contributed by atoms with E-state index in [4.69, 9.17) is 4.74 Å². The van der Waals surface area contributed by atoms with Gasteiger partial charge in [0.25, 0.3) is 0 Å². The number of benzene rings is 1. The average Bonchev–Trinajstić information content (AvgIpc) is 2.76. The molecular weight excluding hydrogens is 384 g/mol. The lowest BCUT2D eigenvalue weighted by atomic mass is 10.2. The Morgan fingerprint density at radius 2 is 1.96 bits per heavy atom. The summed E-state index contributed by atoms with van der Waals surface area (Å²) >= 11 is 3.21. The van der Waals surface area contributed by atoms with Crippen LogP contribution in [0, 0.1) is 5.82 Å². The van der Waals surface area contributed by atoms with Crippen LogP contribution in [0.25, 0.3) is 11.0 Å². The van der Waals surface area contributed by atoms with E-state index in [2.05, 4.69) is 31.0 Å². The van der Waals surface area contributed by atoms with Gasteiger partial charge < -0.3 is 4.74 Å². The highest BCUT2D eigenvalue weighted by atomic mass is 79.9. The Hall–Kier alpha value is -2.23. The molecule has 5 nitrogen and oxygen atoms in total. The summed E-state index contributed by atoms with van der Waals surface area (Å²) in [5, 5.41) is 4.47. The van der Waals surface area contributed by atoms with Gasteiger partial charge in [-0.2, -0.15) is 18.3 Å².